The van der Waals surface area contributed by atoms with Gasteiger partial charge in [0.1, 0.15) is 11.3 Å². The molecule has 0 unspecified atom stereocenters. The molecule has 0 amide bonds. The number of hydrogen-bond donors (Lipinski definition) is 0. The second-order valence-electron chi connectivity index (χ2n) is 5.00. The van der Waals surface area contributed by atoms with Crippen molar-refractivity contribution in [3.8, 4) is 5.75 Å². The maximum atomic E-state index is 12.2. The van der Waals surface area contributed by atoms with Crippen LogP contribution in [0.2, 0.25) is 0 Å². The van der Waals surface area contributed by atoms with Crippen LogP contribution in [0.4, 0.5) is 0 Å². The predicted molar refractivity (Wildman–Crippen MR) is 90.4 cm³/mol. The molecule has 3 aromatic rings. The summed E-state index contributed by atoms with van der Waals surface area (Å²) in [7, 11) is 0. The molecule has 0 spiro atoms. The minimum atomic E-state index is -0.0582. The highest BCUT2D eigenvalue weighted by molar-refractivity contribution is 9.10. The molecule has 0 aliphatic rings. The van der Waals surface area contributed by atoms with Gasteiger partial charge in [-0.15, -0.1) is 0 Å². The lowest BCUT2D eigenvalue weighted by Gasteiger charge is -2.09. The van der Waals surface area contributed by atoms with E-state index in [9.17, 15) is 4.79 Å². The molecule has 0 radical (unpaired) electrons. The van der Waals surface area contributed by atoms with Crippen molar-refractivity contribution in [3.05, 3.63) is 70.3 Å². The maximum absolute atomic E-state index is 12.2. The Morgan fingerprint density at radius 2 is 1.86 bits per heavy atom. The van der Waals surface area contributed by atoms with Crippen LogP contribution in [0.1, 0.15) is 16.1 Å². The van der Waals surface area contributed by atoms with Crippen LogP contribution in [0.3, 0.4) is 0 Å². The number of nitrogens with zero attached hydrogens (tertiary/aromatic N) is 1. The standard InChI is InChI=1S/C18H14BrNO2/c1-12-5-6-14-3-2-4-17(18(14)20-12)22-11-16(21)13-7-9-15(19)10-8-13/h2-10H,11H2,1H3. The Balaban J connectivity index is 1.80. The van der Waals surface area contributed by atoms with Crippen molar-refractivity contribution < 1.29 is 9.53 Å². The summed E-state index contributed by atoms with van der Waals surface area (Å²) in [4.78, 5) is 16.7. The topological polar surface area (TPSA) is 39.2 Å². The lowest BCUT2D eigenvalue weighted by molar-refractivity contribution is 0.0922. The van der Waals surface area contributed by atoms with Gasteiger partial charge in [-0.05, 0) is 31.2 Å². The van der Waals surface area contributed by atoms with Crippen LogP contribution in [-0.4, -0.2) is 17.4 Å². The van der Waals surface area contributed by atoms with E-state index in [-0.39, 0.29) is 12.4 Å². The lowest BCUT2D eigenvalue weighted by atomic mass is 10.1. The Hall–Kier alpha value is -2.20. The summed E-state index contributed by atoms with van der Waals surface area (Å²) in [6.45, 7) is 1.93. The van der Waals surface area contributed by atoms with E-state index in [0.717, 1.165) is 21.1 Å². The third-order valence-corrected chi connectivity index (χ3v) is 3.88. The summed E-state index contributed by atoms with van der Waals surface area (Å²) in [5.41, 5.74) is 2.33. The van der Waals surface area contributed by atoms with Crippen molar-refractivity contribution in [2.75, 3.05) is 6.61 Å². The van der Waals surface area contributed by atoms with Gasteiger partial charge in [-0.25, -0.2) is 4.98 Å². The van der Waals surface area contributed by atoms with E-state index in [1.807, 2.05) is 49.4 Å². The number of ketones is 1. The second kappa shape index (κ2) is 6.28. The van der Waals surface area contributed by atoms with Gasteiger partial charge in [-0.3, -0.25) is 4.79 Å². The number of benzene rings is 2. The highest BCUT2D eigenvalue weighted by Crippen LogP contribution is 2.24. The van der Waals surface area contributed by atoms with E-state index < -0.39 is 0 Å². The fourth-order valence-corrected chi connectivity index (χ4v) is 2.46. The molecule has 0 aliphatic carbocycles. The minimum Gasteiger partial charge on any atom is -0.483 e. The minimum absolute atomic E-state index is 0.00360. The monoisotopic (exact) mass is 355 g/mol. The molecule has 4 heteroatoms. The van der Waals surface area contributed by atoms with E-state index >= 15 is 0 Å². The van der Waals surface area contributed by atoms with Crippen molar-refractivity contribution >= 4 is 32.6 Å². The zero-order chi connectivity index (χ0) is 15.5. The number of aryl methyl sites for hydroxylation is 1. The fourth-order valence-electron chi connectivity index (χ4n) is 2.20. The number of fused-ring (bicyclic) bond motifs is 1. The number of pyridine rings is 1. The van der Waals surface area contributed by atoms with Gasteiger partial charge in [-0.2, -0.15) is 0 Å². The first-order valence-electron chi connectivity index (χ1n) is 6.91. The van der Waals surface area contributed by atoms with Gasteiger partial charge in [0.05, 0.1) is 0 Å². The first kappa shape index (κ1) is 14.7. The highest BCUT2D eigenvalue weighted by Gasteiger charge is 2.09. The second-order valence-corrected chi connectivity index (χ2v) is 5.91. The van der Waals surface area contributed by atoms with Gasteiger partial charge in [0.15, 0.2) is 12.4 Å². The normalized spacial score (nSPS) is 10.6. The van der Waals surface area contributed by atoms with E-state index in [2.05, 4.69) is 20.9 Å². The summed E-state index contributed by atoms with van der Waals surface area (Å²) in [5.74, 6) is 0.573. The average Bonchev–Trinajstić information content (AvgIpc) is 2.53. The van der Waals surface area contributed by atoms with Crippen LogP contribution < -0.4 is 4.74 Å². The van der Waals surface area contributed by atoms with Crippen LogP contribution in [0.5, 0.6) is 5.75 Å². The summed E-state index contributed by atoms with van der Waals surface area (Å²) in [5, 5.41) is 0.999. The summed E-state index contributed by atoms with van der Waals surface area (Å²) in [6, 6.07) is 16.9. The zero-order valence-corrected chi connectivity index (χ0v) is 13.6. The van der Waals surface area contributed by atoms with Gasteiger partial charge >= 0.3 is 0 Å². The maximum Gasteiger partial charge on any atom is 0.200 e. The number of aromatic nitrogens is 1. The lowest BCUT2D eigenvalue weighted by Crippen LogP contribution is -2.11. The van der Waals surface area contributed by atoms with E-state index in [1.165, 1.54) is 0 Å². The quantitative estimate of drug-likeness (QED) is 0.643. The Morgan fingerprint density at radius 3 is 2.64 bits per heavy atom. The summed E-state index contributed by atoms with van der Waals surface area (Å²) in [6.07, 6.45) is 0. The SMILES string of the molecule is Cc1ccc2cccc(OCC(=O)c3ccc(Br)cc3)c2n1. The molecule has 1 heterocycles. The smallest absolute Gasteiger partial charge is 0.200 e. The Bertz CT molecular complexity index is 828. The molecule has 22 heavy (non-hydrogen) atoms. The number of halogens is 1. The molecular weight excluding hydrogens is 342 g/mol. The van der Waals surface area contributed by atoms with Crippen molar-refractivity contribution in [3.63, 3.8) is 0 Å². The van der Waals surface area contributed by atoms with Gasteiger partial charge in [0.2, 0.25) is 0 Å². The number of rotatable bonds is 4. The van der Waals surface area contributed by atoms with Gasteiger partial charge < -0.3 is 4.74 Å². The van der Waals surface area contributed by atoms with Crippen molar-refractivity contribution in [1.29, 1.82) is 0 Å². The molecule has 3 nitrogen and oxygen atoms in total. The van der Waals surface area contributed by atoms with Gasteiger partial charge in [0, 0.05) is 21.1 Å². The van der Waals surface area contributed by atoms with E-state index in [4.69, 9.17) is 4.74 Å². The van der Waals surface area contributed by atoms with Gasteiger partial charge in [0.25, 0.3) is 0 Å². The average molecular weight is 356 g/mol. The molecule has 110 valence electrons. The molecule has 0 aliphatic heterocycles. The van der Waals surface area contributed by atoms with E-state index in [0.29, 0.717) is 11.3 Å². The largest absolute Gasteiger partial charge is 0.483 e. The number of hydrogen-bond acceptors (Lipinski definition) is 3. The number of Topliss-reactive ketones (excluding diaryl/α,β-unsaturated/α-hetero) is 1. The molecule has 0 bridgehead atoms. The molecule has 2 aromatic carbocycles. The first-order valence-corrected chi connectivity index (χ1v) is 7.71. The molecule has 3 rings (SSSR count). The molecule has 0 N–H and O–H groups in total. The fraction of sp³-hybridized carbons (Fsp3) is 0.111. The van der Waals surface area contributed by atoms with Crippen molar-refractivity contribution in [1.82, 2.24) is 4.98 Å². The third kappa shape index (κ3) is 3.17. The zero-order valence-electron chi connectivity index (χ0n) is 12.0. The molecule has 0 fully saturated rings. The molecule has 0 saturated heterocycles. The summed E-state index contributed by atoms with van der Waals surface area (Å²) < 4.78 is 6.64. The van der Waals surface area contributed by atoms with Crippen molar-refractivity contribution in [2.24, 2.45) is 0 Å². The third-order valence-electron chi connectivity index (χ3n) is 3.35. The predicted octanol–water partition coefficient (Wildman–Crippen LogP) is 4.57. The van der Waals surface area contributed by atoms with E-state index in [1.54, 1.807) is 12.1 Å². The highest BCUT2D eigenvalue weighted by atomic mass is 79.9. The number of carbonyl (C=O) groups excluding carboxylic acids is 1. The molecular formula is C18H14BrNO2. The number of ether oxygens (including phenoxy) is 1. The Morgan fingerprint density at radius 1 is 1.09 bits per heavy atom. The molecule has 0 atom stereocenters. The van der Waals surface area contributed by atoms with Crippen LogP contribution in [0, 0.1) is 6.92 Å². The van der Waals surface area contributed by atoms with Gasteiger partial charge in [-0.1, -0.05) is 46.3 Å². The van der Waals surface area contributed by atoms with Crippen LogP contribution in [0.15, 0.2) is 59.1 Å². The molecule has 0 saturated carbocycles. The Labute approximate surface area is 137 Å². The Kier molecular flexibility index (Phi) is 4.20. The number of carbonyl (C=O) groups is 1. The first-order chi connectivity index (χ1) is 10.6. The van der Waals surface area contributed by atoms with Crippen LogP contribution in [0.25, 0.3) is 10.9 Å². The van der Waals surface area contributed by atoms with Crippen molar-refractivity contribution in [2.45, 2.75) is 6.92 Å². The van der Waals surface area contributed by atoms with Crippen LogP contribution in [-0.2, 0) is 0 Å². The number of para-hydroxylation sites is 1. The van der Waals surface area contributed by atoms with Crippen LogP contribution >= 0.6 is 15.9 Å². The summed E-state index contributed by atoms with van der Waals surface area (Å²) >= 11 is 3.35. The molecule has 1 aromatic heterocycles.